The minimum Gasteiger partial charge on any atom is -0.362 e. The molecule has 0 bridgehead atoms. The van der Waals surface area contributed by atoms with E-state index in [1.807, 2.05) is 0 Å². The second-order valence-electron chi connectivity index (χ2n) is 3.70. The largest absolute Gasteiger partial charge is 0.405 e. The highest BCUT2D eigenvalue weighted by Crippen LogP contribution is 2.25. The Labute approximate surface area is 98.0 Å². The molecule has 0 saturated heterocycles. The van der Waals surface area contributed by atoms with Crippen molar-refractivity contribution in [2.24, 2.45) is 0 Å². The lowest BCUT2D eigenvalue weighted by Crippen LogP contribution is -2.34. The van der Waals surface area contributed by atoms with Gasteiger partial charge >= 0.3 is 6.18 Å². The molecule has 1 aromatic rings. The molecule has 0 fully saturated rings. The number of carbonyl (C=O) groups is 1. The fourth-order valence-corrected chi connectivity index (χ4v) is 1.63. The summed E-state index contributed by atoms with van der Waals surface area (Å²) in [5.74, 6) is -0.235. The third-order valence-electron chi connectivity index (χ3n) is 2.38. The summed E-state index contributed by atoms with van der Waals surface area (Å²) in [7, 11) is 0. The smallest absolute Gasteiger partial charge is 0.362 e. The molecule has 2 nitrogen and oxygen atoms in total. The molecule has 0 aliphatic carbocycles. The van der Waals surface area contributed by atoms with Gasteiger partial charge < -0.3 is 4.90 Å². The van der Waals surface area contributed by atoms with E-state index in [1.165, 1.54) is 19.1 Å². The number of anilines is 1. The van der Waals surface area contributed by atoms with E-state index in [-0.39, 0.29) is 12.3 Å². The van der Waals surface area contributed by atoms with Crippen LogP contribution in [-0.4, -0.2) is 25.0 Å². The van der Waals surface area contributed by atoms with Crippen molar-refractivity contribution < 1.29 is 18.0 Å². The van der Waals surface area contributed by atoms with E-state index in [2.05, 4.69) is 0 Å². The lowest BCUT2D eigenvalue weighted by Gasteiger charge is -2.26. The van der Waals surface area contributed by atoms with Crippen LogP contribution < -0.4 is 4.90 Å². The van der Waals surface area contributed by atoms with Crippen molar-refractivity contribution in [3.63, 3.8) is 0 Å². The maximum atomic E-state index is 12.4. The first kappa shape index (κ1) is 13.5. The summed E-state index contributed by atoms with van der Waals surface area (Å²) >= 11 is 0. The molecule has 0 aromatic heterocycles. The van der Waals surface area contributed by atoms with Gasteiger partial charge in [-0.05, 0) is 26.0 Å². The highest BCUT2D eigenvalue weighted by atomic mass is 19.4. The van der Waals surface area contributed by atoms with Gasteiger partial charge in [0, 0.05) is 17.8 Å². The van der Waals surface area contributed by atoms with E-state index in [1.54, 1.807) is 19.1 Å². The molecular formula is C12H14F3NO. The first-order valence-electron chi connectivity index (χ1n) is 5.27. The molecule has 94 valence electrons. The molecule has 1 rings (SSSR count). The van der Waals surface area contributed by atoms with E-state index in [4.69, 9.17) is 0 Å². The molecule has 0 aliphatic rings. The van der Waals surface area contributed by atoms with Crippen LogP contribution in [0.3, 0.4) is 0 Å². The van der Waals surface area contributed by atoms with E-state index in [0.29, 0.717) is 11.3 Å². The predicted molar refractivity (Wildman–Crippen MR) is 60.4 cm³/mol. The molecule has 0 unspecified atom stereocenters. The SMILES string of the molecule is CCN(CC(F)(F)F)c1ccccc1C(C)=O. The molecule has 0 atom stereocenters. The van der Waals surface area contributed by atoms with Crippen LogP contribution in [0.25, 0.3) is 0 Å². The molecular weight excluding hydrogens is 231 g/mol. The first-order valence-corrected chi connectivity index (χ1v) is 5.27. The van der Waals surface area contributed by atoms with Gasteiger partial charge in [-0.15, -0.1) is 0 Å². The third-order valence-corrected chi connectivity index (χ3v) is 2.38. The second kappa shape index (κ2) is 5.21. The number of Topliss-reactive ketones (excluding diaryl/α,β-unsaturated/α-hetero) is 1. The zero-order valence-corrected chi connectivity index (χ0v) is 9.71. The Morgan fingerprint density at radius 1 is 1.29 bits per heavy atom. The highest BCUT2D eigenvalue weighted by molar-refractivity contribution is 5.99. The number of alkyl halides is 3. The van der Waals surface area contributed by atoms with Crippen LogP contribution in [0.1, 0.15) is 24.2 Å². The van der Waals surface area contributed by atoms with Gasteiger partial charge in [-0.1, -0.05) is 12.1 Å². The number of hydrogen-bond donors (Lipinski definition) is 0. The Balaban J connectivity index is 3.07. The van der Waals surface area contributed by atoms with Gasteiger partial charge in [0.2, 0.25) is 0 Å². The van der Waals surface area contributed by atoms with Crippen molar-refractivity contribution in [2.45, 2.75) is 20.0 Å². The number of halogens is 3. The molecule has 0 radical (unpaired) electrons. The number of ketones is 1. The molecule has 0 spiro atoms. The Bertz CT molecular complexity index is 401. The van der Waals surface area contributed by atoms with E-state index < -0.39 is 12.7 Å². The summed E-state index contributed by atoms with van der Waals surface area (Å²) in [4.78, 5) is 12.5. The van der Waals surface area contributed by atoms with Crippen molar-refractivity contribution in [1.82, 2.24) is 0 Å². The van der Waals surface area contributed by atoms with Crippen molar-refractivity contribution in [2.75, 3.05) is 18.0 Å². The summed E-state index contributed by atoms with van der Waals surface area (Å²) in [5, 5.41) is 0. The summed E-state index contributed by atoms with van der Waals surface area (Å²) in [6.45, 7) is 2.13. The van der Waals surface area contributed by atoms with E-state index >= 15 is 0 Å². The van der Waals surface area contributed by atoms with Crippen LogP contribution >= 0.6 is 0 Å². The van der Waals surface area contributed by atoms with Crippen LogP contribution in [0.5, 0.6) is 0 Å². The van der Waals surface area contributed by atoms with Crippen LogP contribution in [-0.2, 0) is 0 Å². The Morgan fingerprint density at radius 2 is 1.88 bits per heavy atom. The minimum atomic E-state index is -4.28. The summed E-state index contributed by atoms with van der Waals surface area (Å²) < 4.78 is 37.2. The summed E-state index contributed by atoms with van der Waals surface area (Å²) in [6, 6.07) is 6.34. The number of para-hydroxylation sites is 1. The number of hydrogen-bond acceptors (Lipinski definition) is 2. The molecule has 0 aliphatic heterocycles. The number of nitrogens with zero attached hydrogens (tertiary/aromatic N) is 1. The number of carbonyl (C=O) groups excluding carboxylic acids is 1. The monoisotopic (exact) mass is 245 g/mol. The van der Waals surface area contributed by atoms with Crippen molar-refractivity contribution in [3.8, 4) is 0 Å². The molecule has 0 saturated carbocycles. The van der Waals surface area contributed by atoms with Crippen molar-refractivity contribution in [3.05, 3.63) is 29.8 Å². The standard InChI is InChI=1S/C12H14F3NO/c1-3-16(8-12(13,14)15)11-7-5-4-6-10(11)9(2)17/h4-7H,3,8H2,1-2H3. The van der Waals surface area contributed by atoms with Gasteiger partial charge in [0.25, 0.3) is 0 Å². The van der Waals surface area contributed by atoms with Crippen LogP contribution in [0.15, 0.2) is 24.3 Å². The average Bonchev–Trinajstić information content (AvgIpc) is 2.24. The van der Waals surface area contributed by atoms with Crippen molar-refractivity contribution >= 4 is 11.5 Å². The highest BCUT2D eigenvalue weighted by Gasteiger charge is 2.31. The normalized spacial score (nSPS) is 11.4. The van der Waals surface area contributed by atoms with Gasteiger partial charge in [-0.2, -0.15) is 13.2 Å². The molecule has 5 heteroatoms. The van der Waals surface area contributed by atoms with Gasteiger partial charge in [0.15, 0.2) is 5.78 Å². The molecule has 0 N–H and O–H groups in total. The summed E-state index contributed by atoms with van der Waals surface area (Å²) in [5.41, 5.74) is 0.651. The maximum absolute atomic E-state index is 12.4. The lowest BCUT2D eigenvalue weighted by molar-refractivity contribution is -0.119. The van der Waals surface area contributed by atoms with Crippen LogP contribution in [0, 0.1) is 0 Å². The quantitative estimate of drug-likeness (QED) is 0.759. The second-order valence-corrected chi connectivity index (χ2v) is 3.70. The zero-order chi connectivity index (χ0) is 13.1. The zero-order valence-electron chi connectivity index (χ0n) is 9.71. The van der Waals surface area contributed by atoms with Gasteiger partial charge in [-0.3, -0.25) is 4.79 Å². The molecule has 0 heterocycles. The first-order chi connectivity index (χ1) is 7.85. The van der Waals surface area contributed by atoms with Crippen LogP contribution in [0.2, 0.25) is 0 Å². The molecule has 1 aromatic carbocycles. The van der Waals surface area contributed by atoms with Gasteiger partial charge in [0.1, 0.15) is 6.54 Å². The van der Waals surface area contributed by atoms with Crippen LogP contribution in [0.4, 0.5) is 18.9 Å². The third kappa shape index (κ3) is 3.76. The number of rotatable bonds is 4. The van der Waals surface area contributed by atoms with Gasteiger partial charge in [-0.25, -0.2) is 0 Å². The Kier molecular flexibility index (Phi) is 4.15. The average molecular weight is 245 g/mol. The molecule has 0 amide bonds. The fraction of sp³-hybridized carbons (Fsp3) is 0.417. The summed E-state index contributed by atoms with van der Waals surface area (Å²) in [6.07, 6.45) is -4.28. The maximum Gasteiger partial charge on any atom is 0.405 e. The van der Waals surface area contributed by atoms with E-state index in [0.717, 1.165) is 4.90 Å². The predicted octanol–water partition coefficient (Wildman–Crippen LogP) is 3.28. The topological polar surface area (TPSA) is 20.3 Å². The van der Waals surface area contributed by atoms with E-state index in [9.17, 15) is 18.0 Å². The lowest BCUT2D eigenvalue weighted by atomic mass is 10.1. The Morgan fingerprint density at radius 3 is 2.35 bits per heavy atom. The molecule has 17 heavy (non-hydrogen) atoms. The minimum absolute atomic E-state index is 0.198. The fourth-order valence-electron chi connectivity index (χ4n) is 1.63. The van der Waals surface area contributed by atoms with Gasteiger partial charge in [0.05, 0.1) is 0 Å². The van der Waals surface area contributed by atoms with Crippen molar-refractivity contribution in [1.29, 1.82) is 0 Å². The number of benzene rings is 1. The Hall–Kier alpha value is -1.52.